The molecule has 2 nitrogen and oxygen atoms in total. The van der Waals surface area contributed by atoms with Crippen LogP contribution in [0.5, 0.6) is 0 Å². The zero-order chi connectivity index (χ0) is 12.4. The minimum absolute atomic E-state index is 0.240. The van der Waals surface area contributed by atoms with Gasteiger partial charge in [-0.3, -0.25) is 0 Å². The molecule has 1 unspecified atom stereocenters. The monoisotopic (exact) mass is 239 g/mol. The molecular weight excluding hydrogens is 219 g/mol. The van der Waals surface area contributed by atoms with Crippen molar-refractivity contribution in [2.75, 3.05) is 13.2 Å². The molecule has 0 aromatic carbocycles. The fraction of sp³-hybridized carbons (Fsp3) is 1.00. The summed E-state index contributed by atoms with van der Waals surface area (Å²) >= 11 is 0. The largest absolute Gasteiger partial charge is 0.401 e. The fourth-order valence-corrected chi connectivity index (χ4v) is 2.52. The number of halogens is 3. The van der Waals surface area contributed by atoms with Crippen LogP contribution in [0.3, 0.4) is 0 Å². The van der Waals surface area contributed by atoms with Crippen molar-refractivity contribution in [2.24, 2.45) is 5.41 Å². The van der Waals surface area contributed by atoms with Crippen molar-refractivity contribution in [3.63, 3.8) is 0 Å². The van der Waals surface area contributed by atoms with E-state index in [0.717, 1.165) is 19.3 Å². The van der Waals surface area contributed by atoms with Crippen LogP contribution in [0.4, 0.5) is 13.2 Å². The molecule has 2 N–H and O–H groups in total. The minimum Gasteiger partial charge on any atom is -0.394 e. The third-order valence-electron chi connectivity index (χ3n) is 3.85. The highest BCUT2D eigenvalue weighted by Crippen LogP contribution is 2.43. The highest BCUT2D eigenvalue weighted by atomic mass is 19.4. The number of nitrogens with one attached hydrogen (secondary N) is 1. The van der Waals surface area contributed by atoms with Crippen molar-refractivity contribution < 1.29 is 18.3 Å². The Kier molecular flexibility index (Phi) is 3.90. The third-order valence-corrected chi connectivity index (χ3v) is 3.85. The SMILES string of the molecule is CC1(C)CCCCC1(CO)NCC(F)(F)F. The smallest absolute Gasteiger partial charge is 0.394 e. The van der Waals surface area contributed by atoms with Crippen molar-refractivity contribution in [1.29, 1.82) is 0 Å². The van der Waals surface area contributed by atoms with E-state index in [1.807, 2.05) is 13.8 Å². The maximum Gasteiger partial charge on any atom is 0.401 e. The minimum atomic E-state index is -4.23. The van der Waals surface area contributed by atoms with Crippen molar-refractivity contribution >= 4 is 0 Å². The maximum absolute atomic E-state index is 12.2. The second-order valence-electron chi connectivity index (χ2n) is 5.30. The highest BCUT2D eigenvalue weighted by Gasteiger charge is 2.47. The number of aliphatic hydroxyl groups is 1. The summed E-state index contributed by atoms with van der Waals surface area (Å²) in [6.07, 6.45) is -0.891. The number of alkyl halides is 3. The van der Waals surface area contributed by atoms with Crippen LogP contribution in [0.25, 0.3) is 0 Å². The van der Waals surface area contributed by atoms with Crippen LogP contribution >= 0.6 is 0 Å². The molecule has 0 aromatic rings. The van der Waals surface area contributed by atoms with Crippen molar-refractivity contribution in [3.8, 4) is 0 Å². The Morgan fingerprint density at radius 2 is 1.75 bits per heavy atom. The Hall–Kier alpha value is -0.290. The van der Waals surface area contributed by atoms with Crippen LogP contribution in [-0.2, 0) is 0 Å². The molecule has 96 valence electrons. The molecule has 1 aliphatic rings. The van der Waals surface area contributed by atoms with Crippen LogP contribution in [0.2, 0.25) is 0 Å². The van der Waals surface area contributed by atoms with E-state index < -0.39 is 18.3 Å². The van der Waals surface area contributed by atoms with Crippen LogP contribution in [0, 0.1) is 5.41 Å². The fourth-order valence-electron chi connectivity index (χ4n) is 2.52. The normalized spacial score (nSPS) is 30.4. The molecular formula is C11H20F3NO. The van der Waals surface area contributed by atoms with Crippen LogP contribution in [0.1, 0.15) is 39.5 Å². The van der Waals surface area contributed by atoms with Gasteiger partial charge in [0, 0.05) is 5.54 Å². The number of hydrogen-bond acceptors (Lipinski definition) is 2. The number of aliphatic hydroxyl groups excluding tert-OH is 1. The lowest BCUT2D eigenvalue weighted by molar-refractivity contribution is -0.136. The average Bonchev–Trinajstić information content (AvgIpc) is 2.15. The van der Waals surface area contributed by atoms with Gasteiger partial charge in [-0.15, -0.1) is 0 Å². The van der Waals surface area contributed by atoms with Gasteiger partial charge >= 0.3 is 6.18 Å². The van der Waals surface area contributed by atoms with Gasteiger partial charge in [-0.1, -0.05) is 26.7 Å². The average molecular weight is 239 g/mol. The molecule has 1 rings (SSSR count). The van der Waals surface area contributed by atoms with Gasteiger partial charge in [0.25, 0.3) is 0 Å². The summed E-state index contributed by atoms with van der Waals surface area (Å²) < 4.78 is 36.7. The molecule has 1 fully saturated rings. The van der Waals surface area contributed by atoms with Gasteiger partial charge in [-0.2, -0.15) is 13.2 Å². The lowest BCUT2D eigenvalue weighted by Crippen LogP contribution is -2.61. The molecule has 1 aliphatic carbocycles. The van der Waals surface area contributed by atoms with Gasteiger partial charge in [-0.05, 0) is 18.3 Å². The quantitative estimate of drug-likeness (QED) is 0.793. The zero-order valence-corrected chi connectivity index (χ0v) is 9.82. The summed E-state index contributed by atoms with van der Waals surface area (Å²) in [6.45, 7) is 2.57. The van der Waals surface area contributed by atoms with Crippen LogP contribution in [0.15, 0.2) is 0 Å². The Morgan fingerprint density at radius 1 is 1.19 bits per heavy atom. The first-order valence-electron chi connectivity index (χ1n) is 5.65. The van der Waals surface area contributed by atoms with Crippen LogP contribution < -0.4 is 5.32 Å². The van der Waals surface area contributed by atoms with Gasteiger partial charge in [-0.25, -0.2) is 0 Å². The molecule has 1 atom stereocenters. The van der Waals surface area contributed by atoms with E-state index in [0.29, 0.717) is 6.42 Å². The summed E-state index contributed by atoms with van der Waals surface area (Å²) in [5.74, 6) is 0. The van der Waals surface area contributed by atoms with E-state index in [-0.39, 0.29) is 12.0 Å². The Labute approximate surface area is 94.2 Å². The van der Waals surface area contributed by atoms with Crippen molar-refractivity contribution in [2.45, 2.75) is 51.2 Å². The lowest BCUT2D eigenvalue weighted by Gasteiger charge is -2.50. The summed E-state index contributed by atoms with van der Waals surface area (Å²) in [5, 5.41) is 12.0. The van der Waals surface area contributed by atoms with Gasteiger partial charge in [0.2, 0.25) is 0 Å². The number of hydrogen-bond donors (Lipinski definition) is 2. The predicted octanol–water partition coefficient (Wildman–Crippen LogP) is 2.47. The first kappa shape index (κ1) is 13.8. The van der Waals surface area contributed by atoms with Gasteiger partial charge in [0.05, 0.1) is 13.2 Å². The number of rotatable bonds is 3. The molecule has 1 saturated carbocycles. The maximum atomic E-state index is 12.2. The lowest BCUT2D eigenvalue weighted by atomic mass is 9.63. The standard InChI is InChI=1S/C11H20F3NO/c1-9(2)5-3-4-6-10(9,8-16)15-7-11(12,13)14/h15-16H,3-8H2,1-2H3. The zero-order valence-electron chi connectivity index (χ0n) is 9.82. The molecule has 0 radical (unpaired) electrons. The van der Waals surface area contributed by atoms with Crippen LogP contribution in [-0.4, -0.2) is 30.0 Å². The summed E-state index contributed by atoms with van der Waals surface area (Å²) in [5.41, 5.74) is -1.09. The van der Waals surface area contributed by atoms with E-state index in [1.165, 1.54) is 0 Å². The van der Waals surface area contributed by atoms with Gasteiger partial charge < -0.3 is 10.4 Å². The topological polar surface area (TPSA) is 32.3 Å². The second kappa shape index (κ2) is 4.53. The summed E-state index contributed by atoms with van der Waals surface area (Å²) in [7, 11) is 0. The Balaban J connectivity index is 2.75. The van der Waals surface area contributed by atoms with E-state index in [4.69, 9.17) is 0 Å². The van der Waals surface area contributed by atoms with Gasteiger partial charge in [0.1, 0.15) is 0 Å². The molecule has 5 heteroatoms. The molecule has 0 aromatic heterocycles. The highest BCUT2D eigenvalue weighted by molar-refractivity contribution is 5.02. The van der Waals surface area contributed by atoms with Crippen molar-refractivity contribution in [3.05, 3.63) is 0 Å². The molecule has 0 amide bonds. The van der Waals surface area contributed by atoms with E-state index in [2.05, 4.69) is 5.32 Å². The molecule has 0 aliphatic heterocycles. The van der Waals surface area contributed by atoms with E-state index in [1.54, 1.807) is 0 Å². The third kappa shape index (κ3) is 2.88. The molecule has 0 saturated heterocycles. The predicted molar refractivity (Wildman–Crippen MR) is 56.1 cm³/mol. The molecule has 0 heterocycles. The Bertz CT molecular complexity index is 240. The molecule has 16 heavy (non-hydrogen) atoms. The molecule has 0 spiro atoms. The first-order valence-corrected chi connectivity index (χ1v) is 5.65. The summed E-state index contributed by atoms with van der Waals surface area (Å²) in [6, 6.07) is 0. The van der Waals surface area contributed by atoms with Crippen molar-refractivity contribution in [1.82, 2.24) is 5.32 Å². The Morgan fingerprint density at radius 3 is 2.19 bits per heavy atom. The van der Waals surface area contributed by atoms with Gasteiger partial charge in [0.15, 0.2) is 0 Å². The second-order valence-corrected chi connectivity index (χ2v) is 5.30. The first-order chi connectivity index (χ1) is 7.22. The van der Waals surface area contributed by atoms with E-state index >= 15 is 0 Å². The summed E-state index contributed by atoms with van der Waals surface area (Å²) in [4.78, 5) is 0. The molecule has 0 bridgehead atoms. The van der Waals surface area contributed by atoms with E-state index in [9.17, 15) is 18.3 Å².